The molecular weight excluding hydrogens is 246 g/mol. The lowest BCUT2D eigenvalue weighted by atomic mass is 10.0. The predicted molar refractivity (Wildman–Crippen MR) is 71.4 cm³/mol. The Morgan fingerprint density at radius 3 is 3.00 bits per heavy atom. The highest BCUT2D eigenvalue weighted by Crippen LogP contribution is 2.33. The van der Waals surface area contributed by atoms with Crippen LogP contribution >= 0.6 is 11.3 Å². The molecule has 1 aromatic heterocycles. The van der Waals surface area contributed by atoms with Gasteiger partial charge in [0, 0.05) is 12.0 Å². The van der Waals surface area contributed by atoms with Gasteiger partial charge in [-0.25, -0.2) is 4.98 Å². The first-order chi connectivity index (χ1) is 8.78. The number of aryl methyl sites for hydroxylation is 1. The molecule has 0 bridgehead atoms. The summed E-state index contributed by atoms with van der Waals surface area (Å²) in [4.78, 5) is 17.2. The molecule has 0 atom stereocenters. The molecule has 92 valence electrons. The zero-order chi connectivity index (χ0) is 12.5. The predicted octanol–water partition coefficient (Wildman–Crippen LogP) is 3.34. The summed E-state index contributed by atoms with van der Waals surface area (Å²) in [6.45, 7) is 0. The average molecular weight is 259 g/mol. The minimum absolute atomic E-state index is 0.239. The molecule has 0 spiro atoms. The van der Waals surface area contributed by atoms with Gasteiger partial charge in [-0.1, -0.05) is 12.1 Å². The molecule has 0 amide bonds. The summed E-state index contributed by atoms with van der Waals surface area (Å²) in [7, 11) is 1.65. The van der Waals surface area contributed by atoms with E-state index < -0.39 is 0 Å². The SMILES string of the molecule is COc1cccc(-c2nc3c(s2)C(=O)CCC3)c1. The number of rotatable bonds is 2. The number of ether oxygens (including phenoxy) is 1. The van der Waals surface area contributed by atoms with Crippen molar-refractivity contribution >= 4 is 17.1 Å². The Labute approximate surface area is 109 Å². The van der Waals surface area contributed by atoms with Crippen molar-refractivity contribution in [1.29, 1.82) is 0 Å². The summed E-state index contributed by atoms with van der Waals surface area (Å²) in [5, 5.41) is 0.911. The van der Waals surface area contributed by atoms with E-state index in [1.54, 1.807) is 7.11 Å². The van der Waals surface area contributed by atoms with E-state index in [-0.39, 0.29) is 5.78 Å². The van der Waals surface area contributed by atoms with Gasteiger partial charge in [-0.2, -0.15) is 0 Å². The molecule has 2 aromatic rings. The van der Waals surface area contributed by atoms with Crippen LogP contribution in [0.15, 0.2) is 24.3 Å². The molecule has 3 nitrogen and oxygen atoms in total. The summed E-state index contributed by atoms with van der Waals surface area (Å²) in [5.74, 6) is 1.05. The summed E-state index contributed by atoms with van der Waals surface area (Å²) in [6.07, 6.45) is 2.50. The summed E-state index contributed by atoms with van der Waals surface area (Å²) < 4.78 is 5.21. The molecule has 18 heavy (non-hydrogen) atoms. The fraction of sp³-hybridized carbons (Fsp3) is 0.286. The minimum atomic E-state index is 0.239. The van der Waals surface area contributed by atoms with Crippen LogP contribution in [0.4, 0.5) is 0 Å². The lowest BCUT2D eigenvalue weighted by Crippen LogP contribution is -2.07. The Balaban J connectivity index is 2.04. The number of aromatic nitrogens is 1. The highest BCUT2D eigenvalue weighted by Gasteiger charge is 2.22. The van der Waals surface area contributed by atoms with Gasteiger partial charge < -0.3 is 4.74 Å². The zero-order valence-electron chi connectivity index (χ0n) is 10.1. The highest BCUT2D eigenvalue weighted by atomic mass is 32.1. The number of benzene rings is 1. The molecule has 0 unspecified atom stereocenters. The fourth-order valence-electron chi connectivity index (χ4n) is 2.15. The van der Waals surface area contributed by atoms with Crippen LogP contribution in [0.1, 0.15) is 28.2 Å². The fourth-order valence-corrected chi connectivity index (χ4v) is 3.22. The number of thiazole rings is 1. The highest BCUT2D eigenvalue weighted by molar-refractivity contribution is 7.17. The molecule has 0 saturated heterocycles. The van der Waals surface area contributed by atoms with Crippen molar-refractivity contribution in [2.24, 2.45) is 0 Å². The third kappa shape index (κ3) is 1.93. The summed E-state index contributed by atoms with van der Waals surface area (Å²) in [5.41, 5.74) is 1.98. The molecule has 0 radical (unpaired) electrons. The molecule has 0 aliphatic heterocycles. The van der Waals surface area contributed by atoms with Crippen LogP contribution in [0.2, 0.25) is 0 Å². The van der Waals surface area contributed by atoms with Crippen LogP contribution in [0.3, 0.4) is 0 Å². The van der Waals surface area contributed by atoms with Crippen LogP contribution in [-0.4, -0.2) is 17.9 Å². The normalized spacial score (nSPS) is 14.4. The van der Waals surface area contributed by atoms with Gasteiger partial charge in [0.1, 0.15) is 10.8 Å². The Bertz CT molecular complexity index is 604. The van der Waals surface area contributed by atoms with E-state index in [1.807, 2.05) is 24.3 Å². The van der Waals surface area contributed by atoms with E-state index in [1.165, 1.54) is 11.3 Å². The second-order valence-corrected chi connectivity index (χ2v) is 5.30. The third-order valence-electron chi connectivity index (χ3n) is 3.08. The second kappa shape index (κ2) is 4.53. The number of methoxy groups -OCH3 is 1. The molecule has 1 aliphatic carbocycles. The number of fused-ring (bicyclic) bond motifs is 1. The third-order valence-corrected chi connectivity index (χ3v) is 4.27. The van der Waals surface area contributed by atoms with E-state index in [0.717, 1.165) is 39.7 Å². The molecular formula is C14H13NO2S. The van der Waals surface area contributed by atoms with Gasteiger partial charge in [0.2, 0.25) is 0 Å². The van der Waals surface area contributed by atoms with Gasteiger partial charge in [0.15, 0.2) is 5.78 Å². The maximum Gasteiger partial charge on any atom is 0.174 e. The summed E-state index contributed by atoms with van der Waals surface area (Å²) >= 11 is 1.50. The molecule has 1 aliphatic rings. The molecule has 1 aromatic carbocycles. The number of carbonyl (C=O) groups excluding carboxylic acids is 1. The maximum atomic E-state index is 11.8. The van der Waals surface area contributed by atoms with Crippen molar-refractivity contribution in [3.63, 3.8) is 0 Å². The first-order valence-corrected chi connectivity index (χ1v) is 6.77. The number of hydrogen-bond acceptors (Lipinski definition) is 4. The van der Waals surface area contributed by atoms with Gasteiger partial charge in [-0.05, 0) is 25.0 Å². The average Bonchev–Trinajstić information content (AvgIpc) is 2.84. The quantitative estimate of drug-likeness (QED) is 0.830. The van der Waals surface area contributed by atoms with E-state index in [9.17, 15) is 4.79 Å². The van der Waals surface area contributed by atoms with Crippen molar-refractivity contribution in [1.82, 2.24) is 4.98 Å². The van der Waals surface area contributed by atoms with Gasteiger partial charge in [0.05, 0.1) is 17.7 Å². The first-order valence-electron chi connectivity index (χ1n) is 5.95. The molecule has 0 fully saturated rings. The van der Waals surface area contributed by atoms with Gasteiger partial charge in [-0.15, -0.1) is 11.3 Å². The van der Waals surface area contributed by atoms with E-state index >= 15 is 0 Å². The molecule has 0 N–H and O–H groups in total. The topological polar surface area (TPSA) is 39.2 Å². The minimum Gasteiger partial charge on any atom is -0.497 e. The smallest absolute Gasteiger partial charge is 0.174 e. The van der Waals surface area contributed by atoms with E-state index in [0.29, 0.717) is 6.42 Å². The van der Waals surface area contributed by atoms with Crippen molar-refractivity contribution in [2.75, 3.05) is 7.11 Å². The lowest BCUT2D eigenvalue weighted by Gasteiger charge is -2.06. The van der Waals surface area contributed by atoms with Gasteiger partial charge in [-0.3, -0.25) is 4.79 Å². The van der Waals surface area contributed by atoms with Gasteiger partial charge in [0.25, 0.3) is 0 Å². The lowest BCUT2D eigenvalue weighted by molar-refractivity contribution is 0.0976. The van der Waals surface area contributed by atoms with Crippen molar-refractivity contribution in [3.8, 4) is 16.3 Å². The Morgan fingerprint density at radius 1 is 1.33 bits per heavy atom. The van der Waals surface area contributed by atoms with Crippen LogP contribution < -0.4 is 4.74 Å². The van der Waals surface area contributed by atoms with Crippen molar-refractivity contribution in [3.05, 3.63) is 34.8 Å². The largest absolute Gasteiger partial charge is 0.497 e. The Hall–Kier alpha value is -1.68. The Morgan fingerprint density at radius 2 is 2.22 bits per heavy atom. The second-order valence-electron chi connectivity index (χ2n) is 4.30. The van der Waals surface area contributed by atoms with Gasteiger partial charge >= 0.3 is 0 Å². The van der Waals surface area contributed by atoms with Crippen LogP contribution in [0.5, 0.6) is 5.75 Å². The van der Waals surface area contributed by atoms with E-state index in [2.05, 4.69) is 4.98 Å². The van der Waals surface area contributed by atoms with E-state index in [4.69, 9.17) is 4.74 Å². The van der Waals surface area contributed by atoms with Crippen molar-refractivity contribution in [2.45, 2.75) is 19.3 Å². The molecule has 4 heteroatoms. The number of Topliss-reactive ketones (excluding diaryl/α,β-unsaturated/α-hetero) is 1. The monoisotopic (exact) mass is 259 g/mol. The van der Waals surface area contributed by atoms with Crippen molar-refractivity contribution < 1.29 is 9.53 Å². The molecule has 3 rings (SSSR count). The standard InChI is InChI=1S/C14H13NO2S/c1-17-10-5-2-4-9(8-10)14-15-11-6-3-7-12(16)13(11)18-14/h2,4-5,8H,3,6-7H2,1H3. The number of ketones is 1. The maximum absolute atomic E-state index is 11.8. The molecule has 0 saturated carbocycles. The number of nitrogens with zero attached hydrogens (tertiary/aromatic N) is 1. The van der Waals surface area contributed by atoms with Crippen LogP contribution in [-0.2, 0) is 6.42 Å². The molecule has 1 heterocycles. The Kier molecular flexibility index (Phi) is 2.88. The van der Waals surface area contributed by atoms with Crippen LogP contribution in [0, 0.1) is 0 Å². The number of carbonyl (C=O) groups is 1. The zero-order valence-corrected chi connectivity index (χ0v) is 10.9. The number of hydrogen-bond donors (Lipinski definition) is 0. The first kappa shape index (κ1) is 11.4. The van der Waals surface area contributed by atoms with Crippen LogP contribution in [0.25, 0.3) is 10.6 Å². The summed E-state index contributed by atoms with van der Waals surface area (Å²) in [6, 6.07) is 7.80.